The van der Waals surface area contributed by atoms with Gasteiger partial charge in [-0.15, -0.1) is 0 Å². The predicted molar refractivity (Wildman–Crippen MR) is 44.6 cm³/mol. The van der Waals surface area contributed by atoms with E-state index < -0.39 is 0 Å². The SMILES string of the molecule is COCCNc1ccncc1F. The van der Waals surface area contributed by atoms with Gasteiger partial charge in [0.15, 0.2) is 5.82 Å². The molecule has 0 radical (unpaired) electrons. The molecule has 3 nitrogen and oxygen atoms in total. The Kier molecular flexibility index (Phi) is 3.47. The van der Waals surface area contributed by atoms with E-state index in [1.54, 1.807) is 13.2 Å². The number of hydrogen-bond acceptors (Lipinski definition) is 3. The van der Waals surface area contributed by atoms with Crippen LogP contribution in [0.15, 0.2) is 18.5 Å². The molecule has 0 amide bonds. The Balaban J connectivity index is 2.46. The van der Waals surface area contributed by atoms with Gasteiger partial charge in [0.25, 0.3) is 0 Å². The van der Waals surface area contributed by atoms with Crippen LogP contribution in [-0.2, 0) is 4.74 Å². The molecule has 1 rings (SSSR count). The molecule has 0 aliphatic carbocycles. The number of nitrogens with one attached hydrogen (secondary N) is 1. The molecule has 0 fully saturated rings. The normalized spacial score (nSPS) is 9.83. The van der Waals surface area contributed by atoms with E-state index in [4.69, 9.17) is 4.74 Å². The van der Waals surface area contributed by atoms with Crippen molar-refractivity contribution in [2.24, 2.45) is 0 Å². The van der Waals surface area contributed by atoms with Crippen molar-refractivity contribution >= 4 is 5.69 Å². The number of halogens is 1. The summed E-state index contributed by atoms with van der Waals surface area (Å²) in [4.78, 5) is 3.63. The molecule has 0 aliphatic rings. The molecule has 0 unspecified atom stereocenters. The highest BCUT2D eigenvalue weighted by Crippen LogP contribution is 2.09. The Morgan fingerprint density at radius 3 is 3.17 bits per heavy atom. The third kappa shape index (κ3) is 2.47. The van der Waals surface area contributed by atoms with Crippen LogP contribution in [0.2, 0.25) is 0 Å². The molecule has 0 bridgehead atoms. The van der Waals surface area contributed by atoms with Crippen LogP contribution in [0.5, 0.6) is 0 Å². The Labute approximate surface area is 70.6 Å². The van der Waals surface area contributed by atoms with E-state index >= 15 is 0 Å². The lowest BCUT2D eigenvalue weighted by Gasteiger charge is -2.05. The summed E-state index contributed by atoms with van der Waals surface area (Å²) in [6.45, 7) is 1.15. The Bertz CT molecular complexity index is 242. The van der Waals surface area contributed by atoms with Gasteiger partial charge < -0.3 is 10.1 Å². The van der Waals surface area contributed by atoms with Crippen LogP contribution in [0.1, 0.15) is 0 Å². The quantitative estimate of drug-likeness (QED) is 0.691. The number of nitrogens with zero attached hydrogens (tertiary/aromatic N) is 1. The van der Waals surface area contributed by atoms with E-state index in [-0.39, 0.29) is 5.82 Å². The molecule has 0 aromatic carbocycles. The lowest BCUT2D eigenvalue weighted by molar-refractivity contribution is 0.210. The van der Waals surface area contributed by atoms with Gasteiger partial charge in [-0.2, -0.15) is 0 Å². The van der Waals surface area contributed by atoms with Gasteiger partial charge in [0.2, 0.25) is 0 Å². The minimum absolute atomic E-state index is 0.339. The van der Waals surface area contributed by atoms with Crippen molar-refractivity contribution in [1.82, 2.24) is 4.98 Å². The van der Waals surface area contributed by atoms with Crippen molar-refractivity contribution in [3.8, 4) is 0 Å². The molecule has 0 atom stereocenters. The van der Waals surface area contributed by atoms with E-state index in [0.717, 1.165) is 0 Å². The van der Waals surface area contributed by atoms with Gasteiger partial charge in [-0.1, -0.05) is 0 Å². The van der Waals surface area contributed by atoms with Gasteiger partial charge in [0.05, 0.1) is 18.5 Å². The lowest BCUT2D eigenvalue weighted by atomic mass is 10.4. The molecule has 66 valence electrons. The predicted octanol–water partition coefficient (Wildman–Crippen LogP) is 1.28. The van der Waals surface area contributed by atoms with Gasteiger partial charge in [0, 0.05) is 19.9 Å². The fraction of sp³-hybridized carbons (Fsp3) is 0.375. The molecule has 1 aromatic rings. The van der Waals surface area contributed by atoms with Crippen LogP contribution >= 0.6 is 0 Å². The second kappa shape index (κ2) is 4.66. The minimum atomic E-state index is -0.339. The number of pyridine rings is 1. The summed E-state index contributed by atoms with van der Waals surface area (Å²) < 4.78 is 17.7. The zero-order chi connectivity index (χ0) is 8.81. The van der Waals surface area contributed by atoms with Crippen molar-refractivity contribution in [3.63, 3.8) is 0 Å². The Morgan fingerprint density at radius 1 is 1.67 bits per heavy atom. The summed E-state index contributed by atoms with van der Waals surface area (Å²) in [7, 11) is 1.60. The standard InChI is InChI=1S/C8H11FN2O/c1-12-5-4-11-8-2-3-10-6-7(8)9/h2-3,6H,4-5H2,1H3,(H,10,11). The molecule has 12 heavy (non-hydrogen) atoms. The van der Waals surface area contributed by atoms with Crippen LogP contribution in [0.25, 0.3) is 0 Å². The van der Waals surface area contributed by atoms with Gasteiger partial charge >= 0.3 is 0 Å². The zero-order valence-corrected chi connectivity index (χ0v) is 6.88. The van der Waals surface area contributed by atoms with Crippen LogP contribution < -0.4 is 5.32 Å². The van der Waals surface area contributed by atoms with Crippen LogP contribution in [0.4, 0.5) is 10.1 Å². The molecule has 4 heteroatoms. The van der Waals surface area contributed by atoms with Gasteiger partial charge in [-0.3, -0.25) is 4.98 Å². The van der Waals surface area contributed by atoms with E-state index in [2.05, 4.69) is 10.3 Å². The molecule has 1 heterocycles. The maximum Gasteiger partial charge on any atom is 0.164 e. The van der Waals surface area contributed by atoms with E-state index in [9.17, 15) is 4.39 Å². The highest BCUT2D eigenvalue weighted by Gasteiger charge is 1.98. The summed E-state index contributed by atoms with van der Waals surface area (Å²) in [5.74, 6) is -0.339. The summed E-state index contributed by atoms with van der Waals surface area (Å²) in [6, 6.07) is 1.59. The molecule has 1 aromatic heterocycles. The summed E-state index contributed by atoms with van der Waals surface area (Å²) in [5.41, 5.74) is 0.460. The molecule has 0 saturated carbocycles. The number of aromatic nitrogens is 1. The Hall–Kier alpha value is -1.16. The fourth-order valence-electron chi connectivity index (χ4n) is 0.806. The third-order valence-electron chi connectivity index (χ3n) is 1.39. The molecule has 0 saturated heterocycles. The highest BCUT2D eigenvalue weighted by molar-refractivity contribution is 5.42. The second-order valence-corrected chi connectivity index (χ2v) is 2.28. The van der Waals surface area contributed by atoms with E-state index in [0.29, 0.717) is 18.8 Å². The van der Waals surface area contributed by atoms with Crippen LogP contribution in [0.3, 0.4) is 0 Å². The third-order valence-corrected chi connectivity index (χ3v) is 1.39. The van der Waals surface area contributed by atoms with E-state index in [1.165, 1.54) is 12.4 Å². The molecular weight excluding hydrogens is 159 g/mol. The molecule has 1 N–H and O–H groups in total. The number of methoxy groups -OCH3 is 1. The number of ether oxygens (including phenoxy) is 1. The second-order valence-electron chi connectivity index (χ2n) is 2.28. The van der Waals surface area contributed by atoms with Crippen molar-refractivity contribution in [2.45, 2.75) is 0 Å². The first kappa shape index (κ1) is 8.93. The smallest absolute Gasteiger partial charge is 0.164 e. The summed E-state index contributed by atoms with van der Waals surface area (Å²) in [5, 5.41) is 2.87. The van der Waals surface area contributed by atoms with Gasteiger partial charge in [-0.25, -0.2) is 4.39 Å². The average Bonchev–Trinajstić information content (AvgIpc) is 2.09. The fourth-order valence-corrected chi connectivity index (χ4v) is 0.806. The van der Waals surface area contributed by atoms with Crippen LogP contribution in [-0.4, -0.2) is 25.2 Å². The first-order chi connectivity index (χ1) is 5.84. The lowest BCUT2D eigenvalue weighted by Crippen LogP contribution is -2.08. The largest absolute Gasteiger partial charge is 0.383 e. The Morgan fingerprint density at radius 2 is 2.50 bits per heavy atom. The maximum atomic E-state index is 12.9. The average molecular weight is 170 g/mol. The summed E-state index contributed by atoms with van der Waals surface area (Å²) >= 11 is 0. The molecule has 0 spiro atoms. The minimum Gasteiger partial charge on any atom is -0.383 e. The maximum absolute atomic E-state index is 12.9. The zero-order valence-electron chi connectivity index (χ0n) is 6.88. The van der Waals surface area contributed by atoms with Gasteiger partial charge in [-0.05, 0) is 6.07 Å². The van der Waals surface area contributed by atoms with Crippen molar-refractivity contribution in [2.75, 3.05) is 25.6 Å². The number of rotatable bonds is 4. The van der Waals surface area contributed by atoms with Crippen molar-refractivity contribution < 1.29 is 9.13 Å². The van der Waals surface area contributed by atoms with Crippen molar-refractivity contribution in [1.29, 1.82) is 0 Å². The first-order valence-electron chi connectivity index (χ1n) is 3.67. The van der Waals surface area contributed by atoms with Crippen molar-refractivity contribution in [3.05, 3.63) is 24.3 Å². The van der Waals surface area contributed by atoms with Gasteiger partial charge in [0.1, 0.15) is 0 Å². The van der Waals surface area contributed by atoms with E-state index in [1.807, 2.05) is 0 Å². The molecule has 0 aliphatic heterocycles. The number of hydrogen-bond donors (Lipinski definition) is 1. The highest BCUT2D eigenvalue weighted by atomic mass is 19.1. The van der Waals surface area contributed by atoms with Crippen LogP contribution in [0, 0.1) is 5.82 Å². The first-order valence-corrected chi connectivity index (χ1v) is 3.67. The monoisotopic (exact) mass is 170 g/mol. The topological polar surface area (TPSA) is 34.1 Å². The number of anilines is 1. The summed E-state index contributed by atoms with van der Waals surface area (Å²) in [6.07, 6.45) is 2.72. The molecular formula is C8H11FN2O.